The molecule has 0 heterocycles. The van der Waals surface area contributed by atoms with Crippen molar-refractivity contribution in [2.75, 3.05) is 26.7 Å². The number of phenols is 1. The number of ether oxygens (including phenoxy) is 1. The van der Waals surface area contributed by atoms with Crippen LogP contribution in [0.1, 0.15) is 31.0 Å². The van der Waals surface area contributed by atoms with Crippen molar-refractivity contribution in [2.45, 2.75) is 19.9 Å². The first-order valence-corrected chi connectivity index (χ1v) is 8.83. The van der Waals surface area contributed by atoms with E-state index in [1.807, 2.05) is 24.3 Å². The van der Waals surface area contributed by atoms with Crippen LogP contribution >= 0.6 is 11.6 Å². The van der Waals surface area contributed by atoms with Crippen LogP contribution in [0.2, 0.25) is 5.02 Å². The fourth-order valence-electron chi connectivity index (χ4n) is 2.83. The van der Waals surface area contributed by atoms with Crippen LogP contribution in [0.3, 0.4) is 0 Å². The molecule has 1 N–H and O–H groups in total. The minimum Gasteiger partial charge on any atom is -0.507 e. The fraction of sp³-hybridized carbons (Fsp3) is 0.350. The van der Waals surface area contributed by atoms with E-state index in [-0.39, 0.29) is 11.8 Å². The lowest BCUT2D eigenvalue weighted by Gasteiger charge is -2.29. The number of nitrogens with zero attached hydrogens (tertiary/aromatic N) is 2. The molecule has 0 amide bonds. The summed E-state index contributed by atoms with van der Waals surface area (Å²) < 4.78 is 5.20. The Morgan fingerprint density at radius 2 is 1.92 bits per heavy atom. The van der Waals surface area contributed by atoms with Crippen LogP contribution in [0.4, 0.5) is 0 Å². The summed E-state index contributed by atoms with van der Waals surface area (Å²) in [7, 11) is 1.60. The molecule has 5 heteroatoms. The largest absolute Gasteiger partial charge is 0.507 e. The maximum absolute atomic E-state index is 9.98. The van der Waals surface area contributed by atoms with Crippen molar-refractivity contribution >= 4 is 17.8 Å². The van der Waals surface area contributed by atoms with Gasteiger partial charge in [0, 0.05) is 16.8 Å². The van der Waals surface area contributed by atoms with Gasteiger partial charge in [0.15, 0.2) is 0 Å². The molecule has 0 spiro atoms. The van der Waals surface area contributed by atoms with Crippen LogP contribution in [0.25, 0.3) is 0 Å². The van der Waals surface area contributed by atoms with E-state index in [2.05, 4.69) is 23.7 Å². The van der Waals surface area contributed by atoms with E-state index in [0.717, 1.165) is 23.7 Å². The Morgan fingerprint density at radius 1 is 1.20 bits per heavy atom. The summed E-state index contributed by atoms with van der Waals surface area (Å²) in [6.45, 7) is 6.64. The molecule has 0 unspecified atom stereocenters. The topological polar surface area (TPSA) is 45.1 Å². The zero-order chi connectivity index (χ0) is 18.2. The summed E-state index contributed by atoms with van der Waals surface area (Å²) >= 11 is 6.40. The Labute approximate surface area is 154 Å². The highest BCUT2D eigenvalue weighted by Gasteiger charge is 2.19. The second-order valence-corrected chi connectivity index (χ2v) is 6.08. The van der Waals surface area contributed by atoms with Gasteiger partial charge in [-0.2, -0.15) is 0 Å². The SMILES string of the molecule is CCN(CC)[C@H](CN=Cc1cc(OC)ccc1O)c1ccccc1Cl. The molecule has 0 aliphatic rings. The highest BCUT2D eigenvalue weighted by Crippen LogP contribution is 2.28. The molecule has 0 saturated carbocycles. The van der Waals surface area contributed by atoms with Gasteiger partial charge in [0.25, 0.3) is 0 Å². The molecule has 0 radical (unpaired) electrons. The highest BCUT2D eigenvalue weighted by molar-refractivity contribution is 6.31. The van der Waals surface area contributed by atoms with Gasteiger partial charge in [-0.15, -0.1) is 0 Å². The molecule has 4 nitrogen and oxygen atoms in total. The third-order valence-corrected chi connectivity index (χ3v) is 4.60. The predicted octanol–water partition coefficient (Wildman–Crippen LogP) is 4.56. The first-order chi connectivity index (χ1) is 12.1. The van der Waals surface area contributed by atoms with Crippen LogP contribution in [-0.4, -0.2) is 43.0 Å². The van der Waals surface area contributed by atoms with Crippen LogP contribution in [-0.2, 0) is 0 Å². The molecular formula is C20H25ClN2O2. The van der Waals surface area contributed by atoms with Crippen molar-refractivity contribution in [3.8, 4) is 11.5 Å². The second-order valence-electron chi connectivity index (χ2n) is 5.68. The third-order valence-electron chi connectivity index (χ3n) is 4.26. The Kier molecular flexibility index (Phi) is 7.29. The molecule has 2 aromatic carbocycles. The number of phenolic OH excluding ortho intramolecular Hbond substituents is 1. The lowest BCUT2D eigenvalue weighted by Crippen LogP contribution is -2.30. The summed E-state index contributed by atoms with van der Waals surface area (Å²) in [5, 5.41) is 10.7. The van der Waals surface area contributed by atoms with E-state index in [9.17, 15) is 5.11 Å². The Morgan fingerprint density at radius 3 is 2.56 bits per heavy atom. The van der Waals surface area contributed by atoms with Crippen molar-refractivity contribution in [3.05, 3.63) is 58.6 Å². The molecule has 134 valence electrons. The number of aromatic hydroxyl groups is 1. The van der Waals surface area contributed by atoms with Gasteiger partial charge >= 0.3 is 0 Å². The summed E-state index contributed by atoms with van der Waals surface area (Å²) in [6.07, 6.45) is 1.69. The van der Waals surface area contributed by atoms with E-state index >= 15 is 0 Å². The molecule has 2 aromatic rings. The van der Waals surface area contributed by atoms with E-state index in [1.165, 1.54) is 0 Å². The Balaban J connectivity index is 2.24. The van der Waals surface area contributed by atoms with Gasteiger partial charge in [-0.05, 0) is 42.9 Å². The normalized spacial score (nSPS) is 12.7. The molecule has 25 heavy (non-hydrogen) atoms. The van der Waals surface area contributed by atoms with Gasteiger partial charge in [0.2, 0.25) is 0 Å². The van der Waals surface area contributed by atoms with Gasteiger partial charge < -0.3 is 9.84 Å². The van der Waals surface area contributed by atoms with Gasteiger partial charge in [-0.3, -0.25) is 9.89 Å². The van der Waals surface area contributed by atoms with Gasteiger partial charge in [0.05, 0.1) is 19.7 Å². The number of likely N-dealkylation sites (N-methyl/N-ethyl adjacent to an activating group) is 1. The molecule has 2 rings (SSSR count). The summed E-state index contributed by atoms with van der Waals surface area (Å²) in [4.78, 5) is 6.90. The van der Waals surface area contributed by atoms with Crippen LogP contribution in [0.15, 0.2) is 47.5 Å². The zero-order valence-electron chi connectivity index (χ0n) is 14.9. The molecule has 0 saturated heterocycles. The summed E-state index contributed by atoms with van der Waals surface area (Å²) in [5.74, 6) is 0.868. The average Bonchev–Trinajstić information content (AvgIpc) is 2.63. The molecule has 0 aromatic heterocycles. The zero-order valence-corrected chi connectivity index (χ0v) is 15.7. The van der Waals surface area contributed by atoms with Crippen LogP contribution in [0.5, 0.6) is 11.5 Å². The van der Waals surface area contributed by atoms with Crippen LogP contribution in [0, 0.1) is 0 Å². The monoisotopic (exact) mass is 360 g/mol. The standard InChI is InChI=1S/C20H25ClN2O2/c1-4-23(5-2)19(17-8-6-7-9-18(17)21)14-22-13-15-12-16(25-3)10-11-20(15)24/h6-13,19,24H,4-5,14H2,1-3H3/t19-/m1/s1. The Hall–Kier alpha value is -2.04. The predicted molar refractivity (Wildman–Crippen MR) is 104 cm³/mol. The number of hydrogen-bond acceptors (Lipinski definition) is 4. The Bertz CT molecular complexity index is 715. The minimum atomic E-state index is 0.0905. The number of hydrogen-bond donors (Lipinski definition) is 1. The van der Waals surface area contributed by atoms with Gasteiger partial charge in [-0.25, -0.2) is 0 Å². The quantitative estimate of drug-likeness (QED) is 0.702. The number of halogens is 1. The first-order valence-electron chi connectivity index (χ1n) is 8.46. The summed E-state index contributed by atoms with van der Waals surface area (Å²) in [5.41, 5.74) is 1.71. The number of aliphatic imine (C=N–C) groups is 1. The maximum atomic E-state index is 9.98. The maximum Gasteiger partial charge on any atom is 0.124 e. The van der Waals surface area contributed by atoms with Crippen molar-refractivity contribution < 1.29 is 9.84 Å². The molecule has 0 fully saturated rings. The van der Waals surface area contributed by atoms with E-state index in [0.29, 0.717) is 17.9 Å². The van der Waals surface area contributed by atoms with Gasteiger partial charge in [0.1, 0.15) is 11.5 Å². The number of rotatable bonds is 8. The third kappa shape index (κ3) is 4.97. The van der Waals surface area contributed by atoms with Crippen LogP contribution < -0.4 is 4.74 Å². The number of benzene rings is 2. The second kappa shape index (κ2) is 9.44. The fourth-order valence-corrected chi connectivity index (χ4v) is 3.10. The first kappa shape index (κ1) is 19.3. The van der Waals surface area contributed by atoms with E-state index in [1.54, 1.807) is 31.5 Å². The van der Waals surface area contributed by atoms with Crippen molar-refractivity contribution in [1.82, 2.24) is 4.90 Å². The molecule has 0 aliphatic carbocycles. The summed E-state index contributed by atoms with van der Waals surface area (Å²) in [6, 6.07) is 13.1. The molecule has 0 aliphatic heterocycles. The smallest absolute Gasteiger partial charge is 0.124 e. The van der Waals surface area contributed by atoms with E-state index in [4.69, 9.17) is 16.3 Å². The number of methoxy groups -OCH3 is 1. The minimum absolute atomic E-state index is 0.0905. The van der Waals surface area contributed by atoms with Crippen molar-refractivity contribution in [1.29, 1.82) is 0 Å². The average molecular weight is 361 g/mol. The van der Waals surface area contributed by atoms with Crippen molar-refractivity contribution in [3.63, 3.8) is 0 Å². The van der Waals surface area contributed by atoms with Gasteiger partial charge in [-0.1, -0.05) is 43.6 Å². The molecule has 0 bridgehead atoms. The van der Waals surface area contributed by atoms with Crippen molar-refractivity contribution in [2.24, 2.45) is 4.99 Å². The lowest BCUT2D eigenvalue weighted by atomic mass is 10.0. The van der Waals surface area contributed by atoms with E-state index < -0.39 is 0 Å². The highest BCUT2D eigenvalue weighted by atomic mass is 35.5. The lowest BCUT2D eigenvalue weighted by molar-refractivity contribution is 0.224. The molecular weight excluding hydrogens is 336 g/mol. The molecule has 1 atom stereocenters.